The maximum atomic E-state index is 12.3. The van der Waals surface area contributed by atoms with E-state index in [1.165, 1.54) is 6.33 Å². The number of aromatic nitrogens is 3. The Morgan fingerprint density at radius 1 is 1.00 bits per heavy atom. The van der Waals surface area contributed by atoms with Crippen LogP contribution in [0.3, 0.4) is 0 Å². The second-order valence-electron chi connectivity index (χ2n) is 8.28. The van der Waals surface area contributed by atoms with Gasteiger partial charge in [0.1, 0.15) is 30.3 Å². The lowest BCUT2D eigenvalue weighted by molar-refractivity contribution is -0.133. The molecule has 1 amide bonds. The molecule has 2 aromatic heterocycles. The Morgan fingerprint density at radius 2 is 1.85 bits per heavy atom. The van der Waals surface area contributed by atoms with Crippen LogP contribution in [0.25, 0.3) is 10.9 Å². The van der Waals surface area contributed by atoms with Gasteiger partial charge in [0.25, 0.3) is 5.91 Å². The minimum atomic E-state index is -1.07. The molecule has 0 spiro atoms. The second-order valence-corrected chi connectivity index (χ2v) is 8.28. The van der Waals surface area contributed by atoms with Gasteiger partial charge in [-0.1, -0.05) is 12.1 Å². The van der Waals surface area contributed by atoms with Crippen LogP contribution in [0.5, 0.6) is 11.5 Å². The van der Waals surface area contributed by atoms with Gasteiger partial charge in [-0.15, -0.1) is 0 Å². The van der Waals surface area contributed by atoms with Crippen molar-refractivity contribution < 1.29 is 14.3 Å². The topological polar surface area (TPSA) is 98.3 Å². The second kappa shape index (κ2) is 9.74. The predicted molar refractivity (Wildman–Crippen MR) is 131 cm³/mol. The van der Waals surface area contributed by atoms with Crippen molar-refractivity contribution in [2.24, 2.45) is 0 Å². The van der Waals surface area contributed by atoms with E-state index in [2.05, 4.69) is 25.6 Å². The van der Waals surface area contributed by atoms with Gasteiger partial charge < -0.3 is 20.1 Å². The van der Waals surface area contributed by atoms with Gasteiger partial charge in [0.15, 0.2) is 5.60 Å². The molecule has 0 aliphatic carbocycles. The lowest BCUT2D eigenvalue weighted by Crippen LogP contribution is -2.45. The third kappa shape index (κ3) is 5.06. The SMILES string of the molecule is CNC(=O)C(C)(C)Oc1cccc2ncnc(Nc3ccc(OCc4ccccn4)c(C)c3)c12. The van der Waals surface area contributed by atoms with E-state index < -0.39 is 5.60 Å². The van der Waals surface area contributed by atoms with Crippen molar-refractivity contribution in [3.05, 3.63) is 78.4 Å². The molecule has 0 aliphatic heterocycles. The highest BCUT2D eigenvalue weighted by molar-refractivity contribution is 5.96. The van der Waals surface area contributed by atoms with Gasteiger partial charge in [-0.2, -0.15) is 0 Å². The average molecular weight is 458 g/mol. The summed E-state index contributed by atoms with van der Waals surface area (Å²) in [6, 6.07) is 17.1. The van der Waals surface area contributed by atoms with Gasteiger partial charge in [-0.05, 0) is 68.8 Å². The molecule has 0 radical (unpaired) electrons. The molecule has 0 atom stereocenters. The molecule has 0 bridgehead atoms. The third-order valence-electron chi connectivity index (χ3n) is 5.30. The number of pyridine rings is 1. The fourth-order valence-corrected chi connectivity index (χ4v) is 3.54. The fourth-order valence-electron chi connectivity index (χ4n) is 3.54. The molecule has 2 aromatic carbocycles. The first-order valence-electron chi connectivity index (χ1n) is 10.9. The van der Waals surface area contributed by atoms with Crippen LogP contribution in [-0.4, -0.2) is 33.5 Å². The van der Waals surface area contributed by atoms with E-state index in [0.717, 1.165) is 22.7 Å². The summed E-state index contributed by atoms with van der Waals surface area (Å²) >= 11 is 0. The molecular weight excluding hydrogens is 430 g/mol. The smallest absolute Gasteiger partial charge is 0.263 e. The first-order chi connectivity index (χ1) is 16.4. The molecule has 0 saturated heterocycles. The minimum absolute atomic E-state index is 0.229. The summed E-state index contributed by atoms with van der Waals surface area (Å²) in [4.78, 5) is 25.4. The van der Waals surface area contributed by atoms with Gasteiger partial charge >= 0.3 is 0 Å². The molecule has 0 aliphatic rings. The number of aryl methyl sites for hydroxylation is 1. The number of rotatable bonds is 8. The molecule has 0 unspecified atom stereocenters. The van der Waals surface area contributed by atoms with Gasteiger partial charge in [0, 0.05) is 18.9 Å². The summed E-state index contributed by atoms with van der Waals surface area (Å²) in [6.07, 6.45) is 3.24. The zero-order valence-corrected chi connectivity index (χ0v) is 19.6. The molecule has 2 N–H and O–H groups in total. The summed E-state index contributed by atoms with van der Waals surface area (Å²) in [5.41, 5.74) is 2.30. The molecule has 8 nitrogen and oxygen atoms in total. The number of carbonyl (C=O) groups excluding carboxylic acids is 1. The van der Waals surface area contributed by atoms with Gasteiger partial charge in [0.05, 0.1) is 16.6 Å². The predicted octanol–water partition coefficient (Wildman–Crippen LogP) is 4.56. The molecule has 2 heterocycles. The molecule has 0 saturated carbocycles. The molecule has 34 heavy (non-hydrogen) atoms. The standard InChI is InChI=1S/C26H27N5O3/c1-17-14-18(11-12-21(17)33-15-19-8-5-6-13-28-19)31-24-23-20(29-16-30-24)9-7-10-22(23)34-26(2,3)25(32)27-4/h5-14,16H,15H2,1-4H3,(H,27,32)(H,29,30,31). The van der Waals surface area contributed by atoms with Crippen molar-refractivity contribution in [2.45, 2.75) is 33.0 Å². The average Bonchev–Trinajstić information content (AvgIpc) is 2.83. The van der Waals surface area contributed by atoms with Crippen molar-refractivity contribution in [3.8, 4) is 11.5 Å². The van der Waals surface area contributed by atoms with Crippen molar-refractivity contribution in [3.63, 3.8) is 0 Å². The highest BCUT2D eigenvalue weighted by Crippen LogP contribution is 2.34. The number of anilines is 2. The van der Waals surface area contributed by atoms with Crippen LogP contribution in [0, 0.1) is 6.92 Å². The number of amides is 1. The Kier molecular flexibility index (Phi) is 6.58. The zero-order valence-electron chi connectivity index (χ0n) is 19.6. The fraction of sp³-hybridized carbons (Fsp3) is 0.231. The minimum Gasteiger partial charge on any atom is -0.487 e. The largest absolute Gasteiger partial charge is 0.487 e. The van der Waals surface area contributed by atoms with E-state index in [-0.39, 0.29) is 5.91 Å². The first kappa shape index (κ1) is 23.0. The van der Waals surface area contributed by atoms with E-state index in [1.54, 1.807) is 33.2 Å². The first-order valence-corrected chi connectivity index (χ1v) is 10.9. The maximum Gasteiger partial charge on any atom is 0.263 e. The van der Waals surface area contributed by atoms with E-state index >= 15 is 0 Å². The highest BCUT2D eigenvalue weighted by Gasteiger charge is 2.30. The van der Waals surface area contributed by atoms with E-state index in [9.17, 15) is 4.79 Å². The normalized spacial score (nSPS) is 11.2. The van der Waals surface area contributed by atoms with Gasteiger partial charge in [-0.3, -0.25) is 9.78 Å². The van der Waals surface area contributed by atoms with Crippen LogP contribution < -0.4 is 20.1 Å². The van der Waals surface area contributed by atoms with Gasteiger partial charge in [-0.25, -0.2) is 9.97 Å². The Hall–Kier alpha value is -4.20. The Morgan fingerprint density at radius 3 is 2.59 bits per heavy atom. The highest BCUT2D eigenvalue weighted by atomic mass is 16.5. The summed E-state index contributed by atoms with van der Waals surface area (Å²) < 4.78 is 12.0. The summed E-state index contributed by atoms with van der Waals surface area (Å²) in [5.74, 6) is 1.64. The number of carbonyl (C=O) groups is 1. The molecule has 0 fully saturated rings. The Bertz CT molecular complexity index is 1300. The number of hydrogen-bond acceptors (Lipinski definition) is 7. The Balaban J connectivity index is 1.59. The summed E-state index contributed by atoms with van der Waals surface area (Å²) in [5, 5.41) is 6.68. The number of fused-ring (bicyclic) bond motifs is 1. The third-order valence-corrected chi connectivity index (χ3v) is 5.30. The number of nitrogens with one attached hydrogen (secondary N) is 2. The van der Waals surface area contributed by atoms with Crippen molar-refractivity contribution in [1.82, 2.24) is 20.3 Å². The zero-order chi connectivity index (χ0) is 24.1. The summed E-state index contributed by atoms with van der Waals surface area (Å²) in [6.45, 7) is 5.81. The molecule has 4 aromatic rings. The summed E-state index contributed by atoms with van der Waals surface area (Å²) in [7, 11) is 1.58. The van der Waals surface area contributed by atoms with E-state index in [4.69, 9.17) is 9.47 Å². The number of ether oxygens (including phenoxy) is 2. The van der Waals surface area contributed by atoms with Crippen LogP contribution in [-0.2, 0) is 11.4 Å². The molecule has 174 valence electrons. The maximum absolute atomic E-state index is 12.3. The number of nitrogens with zero attached hydrogens (tertiary/aromatic N) is 3. The lowest BCUT2D eigenvalue weighted by atomic mass is 10.1. The van der Waals surface area contributed by atoms with Gasteiger partial charge in [0.2, 0.25) is 0 Å². The number of benzene rings is 2. The van der Waals surface area contributed by atoms with Crippen LogP contribution in [0.4, 0.5) is 11.5 Å². The van der Waals surface area contributed by atoms with Crippen molar-refractivity contribution in [1.29, 1.82) is 0 Å². The van der Waals surface area contributed by atoms with Crippen LogP contribution in [0.15, 0.2) is 67.1 Å². The number of likely N-dealkylation sites (N-methyl/N-ethyl adjacent to an activating group) is 1. The Labute approximate surface area is 198 Å². The van der Waals surface area contributed by atoms with Crippen LogP contribution in [0.2, 0.25) is 0 Å². The molecular formula is C26H27N5O3. The quantitative estimate of drug-likeness (QED) is 0.400. The van der Waals surface area contributed by atoms with E-state index in [1.807, 2.05) is 55.5 Å². The monoisotopic (exact) mass is 457 g/mol. The van der Waals surface area contributed by atoms with E-state index in [0.29, 0.717) is 29.1 Å². The number of hydrogen-bond donors (Lipinski definition) is 2. The van der Waals surface area contributed by atoms with Crippen LogP contribution in [0.1, 0.15) is 25.1 Å². The van der Waals surface area contributed by atoms with Crippen LogP contribution >= 0.6 is 0 Å². The molecule has 8 heteroatoms. The van der Waals surface area contributed by atoms with Crippen molar-refractivity contribution >= 4 is 28.3 Å². The lowest BCUT2D eigenvalue weighted by Gasteiger charge is -2.25. The van der Waals surface area contributed by atoms with Crippen molar-refractivity contribution in [2.75, 3.05) is 12.4 Å². The molecule has 4 rings (SSSR count).